The van der Waals surface area contributed by atoms with E-state index in [0.717, 1.165) is 4.90 Å². The van der Waals surface area contributed by atoms with Crippen LogP contribution >= 0.6 is 0 Å². The predicted molar refractivity (Wildman–Crippen MR) is 77.1 cm³/mol. The van der Waals surface area contributed by atoms with Gasteiger partial charge in [-0.25, -0.2) is 0 Å². The van der Waals surface area contributed by atoms with Crippen molar-refractivity contribution >= 4 is 23.4 Å². The Bertz CT molecular complexity index is 623. The molecule has 0 atom stereocenters. The van der Waals surface area contributed by atoms with E-state index in [1.807, 2.05) is 0 Å². The van der Waals surface area contributed by atoms with Crippen molar-refractivity contribution in [2.75, 3.05) is 18.9 Å². The Morgan fingerprint density at radius 2 is 1.95 bits per heavy atom. The van der Waals surface area contributed by atoms with E-state index >= 15 is 0 Å². The van der Waals surface area contributed by atoms with Crippen molar-refractivity contribution < 1.29 is 14.4 Å². The molecule has 2 N–H and O–H groups in total. The first-order valence-electron chi connectivity index (χ1n) is 7.06. The molecule has 3 amide bonds. The number of hydrogen-bond acceptors (Lipinski definition) is 4. The Hall–Kier alpha value is -2.21. The number of amides is 3. The van der Waals surface area contributed by atoms with E-state index in [2.05, 4.69) is 10.6 Å². The fraction of sp³-hybridized carbons (Fsp3) is 0.400. The third-order valence-corrected chi connectivity index (χ3v) is 3.74. The molecule has 1 heterocycles. The Labute approximate surface area is 122 Å². The molecule has 2 aliphatic rings. The average molecular weight is 287 g/mol. The van der Waals surface area contributed by atoms with Crippen LogP contribution < -0.4 is 10.6 Å². The van der Waals surface area contributed by atoms with Gasteiger partial charge in [0.25, 0.3) is 11.8 Å². The molecule has 3 rings (SSSR count). The standard InChI is InChI=1S/C15H17N3O3/c1-18-14(20)11-5-4-10(8-12(11)15(18)21)17-13(19)6-7-16-9-2-3-9/h4-5,8-9,16H,2-3,6-7H2,1H3,(H,17,19). The molecule has 0 bridgehead atoms. The number of rotatable bonds is 5. The molecule has 1 aromatic rings. The Kier molecular flexibility index (Phi) is 3.47. The van der Waals surface area contributed by atoms with Gasteiger partial charge >= 0.3 is 0 Å². The molecule has 1 aliphatic carbocycles. The lowest BCUT2D eigenvalue weighted by molar-refractivity contribution is -0.116. The zero-order valence-electron chi connectivity index (χ0n) is 11.8. The van der Waals surface area contributed by atoms with Gasteiger partial charge in [0.05, 0.1) is 11.1 Å². The second kappa shape index (κ2) is 5.29. The van der Waals surface area contributed by atoms with Crippen molar-refractivity contribution in [1.29, 1.82) is 0 Å². The highest BCUT2D eigenvalue weighted by Crippen LogP contribution is 2.24. The van der Waals surface area contributed by atoms with Crippen molar-refractivity contribution in [1.82, 2.24) is 10.2 Å². The second-order valence-electron chi connectivity index (χ2n) is 5.46. The summed E-state index contributed by atoms with van der Waals surface area (Å²) in [6.45, 7) is 0.654. The van der Waals surface area contributed by atoms with E-state index in [1.54, 1.807) is 18.2 Å². The highest BCUT2D eigenvalue weighted by Gasteiger charge is 2.32. The molecule has 1 saturated carbocycles. The summed E-state index contributed by atoms with van der Waals surface area (Å²) in [5.41, 5.74) is 1.27. The summed E-state index contributed by atoms with van der Waals surface area (Å²) in [6, 6.07) is 5.37. The van der Waals surface area contributed by atoms with Crippen LogP contribution in [0, 0.1) is 0 Å². The van der Waals surface area contributed by atoms with Crippen LogP contribution in [0.15, 0.2) is 18.2 Å². The number of nitrogens with one attached hydrogen (secondary N) is 2. The lowest BCUT2D eigenvalue weighted by atomic mass is 10.1. The zero-order chi connectivity index (χ0) is 15.0. The molecular formula is C15H17N3O3. The van der Waals surface area contributed by atoms with E-state index < -0.39 is 0 Å². The number of anilines is 1. The summed E-state index contributed by atoms with van der Waals surface area (Å²) in [5, 5.41) is 6.02. The normalized spacial score (nSPS) is 17.1. The highest BCUT2D eigenvalue weighted by molar-refractivity contribution is 6.21. The molecule has 21 heavy (non-hydrogen) atoms. The first kappa shape index (κ1) is 13.8. The number of benzene rings is 1. The summed E-state index contributed by atoms with van der Waals surface area (Å²) in [4.78, 5) is 36.5. The van der Waals surface area contributed by atoms with Gasteiger partial charge in [-0.15, -0.1) is 0 Å². The Morgan fingerprint density at radius 3 is 2.67 bits per heavy atom. The number of carbonyl (C=O) groups is 3. The summed E-state index contributed by atoms with van der Waals surface area (Å²) < 4.78 is 0. The molecule has 1 fully saturated rings. The topological polar surface area (TPSA) is 78.5 Å². The first-order chi connectivity index (χ1) is 10.1. The number of fused-ring (bicyclic) bond motifs is 1. The fourth-order valence-corrected chi connectivity index (χ4v) is 2.34. The quantitative estimate of drug-likeness (QED) is 0.792. The number of nitrogens with zero attached hydrogens (tertiary/aromatic N) is 1. The molecule has 0 spiro atoms. The number of carbonyl (C=O) groups excluding carboxylic acids is 3. The van der Waals surface area contributed by atoms with Gasteiger partial charge in [0.2, 0.25) is 5.91 Å². The van der Waals surface area contributed by atoms with E-state index in [-0.39, 0.29) is 17.7 Å². The smallest absolute Gasteiger partial charge is 0.261 e. The minimum atomic E-state index is -0.332. The van der Waals surface area contributed by atoms with E-state index in [1.165, 1.54) is 19.9 Å². The van der Waals surface area contributed by atoms with E-state index in [0.29, 0.717) is 35.8 Å². The van der Waals surface area contributed by atoms with Gasteiger partial charge in [-0.2, -0.15) is 0 Å². The molecule has 6 heteroatoms. The minimum absolute atomic E-state index is 0.103. The molecule has 0 saturated heterocycles. The van der Waals surface area contributed by atoms with Crippen LogP contribution in [0.5, 0.6) is 0 Å². The first-order valence-corrected chi connectivity index (χ1v) is 7.06. The van der Waals surface area contributed by atoms with Gasteiger partial charge in [0.1, 0.15) is 0 Å². The van der Waals surface area contributed by atoms with Crippen molar-refractivity contribution in [3.63, 3.8) is 0 Å². The highest BCUT2D eigenvalue weighted by atomic mass is 16.2. The Morgan fingerprint density at radius 1 is 1.24 bits per heavy atom. The average Bonchev–Trinajstić information content (AvgIpc) is 3.25. The van der Waals surface area contributed by atoms with Crippen LogP contribution in [-0.4, -0.2) is 42.3 Å². The van der Waals surface area contributed by atoms with E-state index in [4.69, 9.17) is 0 Å². The summed E-state index contributed by atoms with van der Waals surface area (Å²) in [6.07, 6.45) is 2.77. The molecule has 110 valence electrons. The van der Waals surface area contributed by atoms with Gasteiger partial charge in [0.15, 0.2) is 0 Å². The molecule has 1 aromatic carbocycles. The molecular weight excluding hydrogens is 270 g/mol. The second-order valence-corrected chi connectivity index (χ2v) is 5.46. The van der Waals surface area contributed by atoms with Crippen LogP contribution in [0.2, 0.25) is 0 Å². The van der Waals surface area contributed by atoms with Crippen LogP contribution in [0.25, 0.3) is 0 Å². The monoisotopic (exact) mass is 287 g/mol. The van der Waals surface area contributed by atoms with Crippen molar-refractivity contribution in [2.24, 2.45) is 0 Å². The van der Waals surface area contributed by atoms with Gasteiger partial charge in [-0.3, -0.25) is 19.3 Å². The maximum absolute atomic E-state index is 11.9. The third kappa shape index (κ3) is 2.80. The van der Waals surface area contributed by atoms with Crippen molar-refractivity contribution in [3.8, 4) is 0 Å². The maximum Gasteiger partial charge on any atom is 0.261 e. The molecule has 0 radical (unpaired) electrons. The molecule has 6 nitrogen and oxygen atoms in total. The lowest BCUT2D eigenvalue weighted by Gasteiger charge is -2.06. The molecule has 0 aromatic heterocycles. The third-order valence-electron chi connectivity index (χ3n) is 3.74. The summed E-state index contributed by atoms with van der Waals surface area (Å²) in [5.74, 6) is -0.740. The molecule has 1 aliphatic heterocycles. The van der Waals surface area contributed by atoms with Crippen LogP contribution in [0.1, 0.15) is 40.0 Å². The van der Waals surface area contributed by atoms with Gasteiger partial charge < -0.3 is 10.6 Å². The zero-order valence-corrected chi connectivity index (χ0v) is 11.8. The van der Waals surface area contributed by atoms with E-state index in [9.17, 15) is 14.4 Å². The summed E-state index contributed by atoms with van der Waals surface area (Å²) in [7, 11) is 1.45. The van der Waals surface area contributed by atoms with Gasteiger partial charge in [-0.05, 0) is 31.0 Å². The van der Waals surface area contributed by atoms with Gasteiger partial charge in [0, 0.05) is 31.7 Å². The van der Waals surface area contributed by atoms with Crippen LogP contribution in [0.4, 0.5) is 5.69 Å². The molecule has 0 unspecified atom stereocenters. The van der Waals surface area contributed by atoms with Crippen molar-refractivity contribution in [3.05, 3.63) is 29.3 Å². The Balaban J connectivity index is 1.63. The SMILES string of the molecule is CN1C(=O)c2ccc(NC(=O)CCNC3CC3)cc2C1=O. The predicted octanol–water partition coefficient (Wildman–Crippen LogP) is 0.993. The van der Waals surface area contributed by atoms with Gasteiger partial charge in [-0.1, -0.05) is 0 Å². The lowest BCUT2D eigenvalue weighted by Crippen LogP contribution is -2.24. The van der Waals surface area contributed by atoms with Crippen molar-refractivity contribution in [2.45, 2.75) is 25.3 Å². The van der Waals surface area contributed by atoms with Crippen LogP contribution in [-0.2, 0) is 4.79 Å². The largest absolute Gasteiger partial charge is 0.326 e. The number of hydrogen-bond donors (Lipinski definition) is 2. The number of imide groups is 1. The minimum Gasteiger partial charge on any atom is -0.326 e. The summed E-state index contributed by atoms with van der Waals surface area (Å²) >= 11 is 0. The van der Waals surface area contributed by atoms with Crippen LogP contribution in [0.3, 0.4) is 0 Å². The fourth-order valence-electron chi connectivity index (χ4n) is 2.34. The maximum atomic E-state index is 11.9.